The van der Waals surface area contributed by atoms with Crippen LogP contribution in [0.1, 0.15) is 56.3 Å². The molecule has 1 atom stereocenters. The summed E-state index contributed by atoms with van der Waals surface area (Å²) in [5.41, 5.74) is 1.57. The van der Waals surface area contributed by atoms with Crippen LogP contribution in [0.3, 0.4) is 0 Å². The van der Waals surface area contributed by atoms with Gasteiger partial charge in [-0.15, -0.1) is 0 Å². The molecular formula is C16H27N3O2. The molecule has 21 heavy (non-hydrogen) atoms. The van der Waals surface area contributed by atoms with Gasteiger partial charge in [0.2, 0.25) is 0 Å². The Balaban J connectivity index is 2.05. The number of fused-ring (bicyclic) bond motifs is 1. The summed E-state index contributed by atoms with van der Waals surface area (Å²) >= 11 is 0. The van der Waals surface area contributed by atoms with E-state index >= 15 is 0 Å². The highest BCUT2D eigenvalue weighted by Crippen LogP contribution is 2.22. The van der Waals surface area contributed by atoms with Crippen LogP contribution < -0.4 is 10.9 Å². The molecule has 5 heteroatoms. The summed E-state index contributed by atoms with van der Waals surface area (Å²) in [6, 6.07) is 0. The average Bonchev–Trinajstić information content (AvgIpc) is 2.42. The minimum absolute atomic E-state index is 0.0295. The molecule has 0 saturated heterocycles. The van der Waals surface area contributed by atoms with Crippen LogP contribution in [0.25, 0.3) is 0 Å². The fraction of sp³-hybridized carbons (Fsp3) is 0.750. The quantitative estimate of drug-likeness (QED) is 0.781. The summed E-state index contributed by atoms with van der Waals surface area (Å²) < 4.78 is 1.66. The lowest BCUT2D eigenvalue weighted by Crippen LogP contribution is -2.35. The van der Waals surface area contributed by atoms with E-state index in [-0.39, 0.29) is 5.56 Å². The van der Waals surface area contributed by atoms with Gasteiger partial charge in [-0.1, -0.05) is 13.8 Å². The van der Waals surface area contributed by atoms with Gasteiger partial charge < -0.3 is 10.4 Å². The van der Waals surface area contributed by atoms with Gasteiger partial charge in [-0.05, 0) is 51.6 Å². The summed E-state index contributed by atoms with van der Waals surface area (Å²) in [5, 5.41) is 13.3. The number of hydrogen-bond acceptors (Lipinski definition) is 4. The Labute approximate surface area is 126 Å². The van der Waals surface area contributed by atoms with Gasteiger partial charge in [-0.2, -0.15) is 0 Å². The largest absolute Gasteiger partial charge is 0.385 e. The standard InChI is InChI=1S/C16H27N3O2/c1-11(2)6-8-17-9-7-13-12(3)18-15-14(20)5-4-10-19(15)16(13)21/h11,14,17,20H,4-10H2,1-3H3. The molecule has 0 fully saturated rings. The van der Waals surface area contributed by atoms with E-state index in [1.54, 1.807) is 4.57 Å². The highest BCUT2D eigenvalue weighted by Gasteiger charge is 2.22. The third-order valence-corrected chi connectivity index (χ3v) is 4.11. The Kier molecular flexibility index (Phi) is 5.53. The predicted molar refractivity (Wildman–Crippen MR) is 83.5 cm³/mol. The molecule has 0 aliphatic carbocycles. The Hall–Kier alpha value is -1.20. The fourth-order valence-corrected chi connectivity index (χ4v) is 2.78. The molecule has 0 aromatic carbocycles. The molecule has 2 N–H and O–H groups in total. The average molecular weight is 293 g/mol. The van der Waals surface area contributed by atoms with E-state index in [0.29, 0.717) is 31.1 Å². The van der Waals surface area contributed by atoms with Crippen molar-refractivity contribution in [2.75, 3.05) is 13.1 Å². The SMILES string of the molecule is Cc1nc2n(c(=O)c1CCNCCC(C)C)CCCC2O. The first-order valence-corrected chi connectivity index (χ1v) is 7.99. The van der Waals surface area contributed by atoms with Crippen LogP contribution in [0.5, 0.6) is 0 Å². The topological polar surface area (TPSA) is 67.2 Å². The lowest BCUT2D eigenvalue weighted by molar-refractivity contribution is 0.130. The molecule has 2 heterocycles. The smallest absolute Gasteiger partial charge is 0.257 e. The number of nitrogens with zero attached hydrogens (tertiary/aromatic N) is 2. The van der Waals surface area contributed by atoms with Crippen molar-refractivity contribution in [1.29, 1.82) is 0 Å². The van der Waals surface area contributed by atoms with Crippen molar-refractivity contribution in [3.8, 4) is 0 Å². The maximum atomic E-state index is 12.5. The first kappa shape index (κ1) is 16.2. The molecule has 2 rings (SSSR count). The molecule has 1 unspecified atom stereocenters. The van der Waals surface area contributed by atoms with E-state index in [1.165, 1.54) is 0 Å². The van der Waals surface area contributed by atoms with Crippen LogP contribution in [0.4, 0.5) is 0 Å². The summed E-state index contributed by atoms with van der Waals surface area (Å²) in [7, 11) is 0. The molecule has 118 valence electrons. The fourth-order valence-electron chi connectivity index (χ4n) is 2.78. The number of nitrogens with one attached hydrogen (secondary N) is 1. The van der Waals surface area contributed by atoms with E-state index in [2.05, 4.69) is 24.1 Å². The summed E-state index contributed by atoms with van der Waals surface area (Å²) in [5.74, 6) is 1.23. The van der Waals surface area contributed by atoms with E-state index in [4.69, 9.17) is 0 Å². The van der Waals surface area contributed by atoms with E-state index < -0.39 is 6.10 Å². The van der Waals surface area contributed by atoms with E-state index in [9.17, 15) is 9.90 Å². The second-order valence-corrected chi connectivity index (χ2v) is 6.33. The molecule has 1 aliphatic rings. The van der Waals surface area contributed by atoms with Crippen LogP contribution in [0.2, 0.25) is 0 Å². The Bertz CT molecular complexity index is 537. The Morgan fingerprint density at radius 1 is 1.43 bits per heavy atom. The normalized spacial score (nSPS) is 18.0. The number of aliphatic hydroxyl groups excluding tert-OH is 1. The van der Waals surface area contributed by atoms with Gasteiger partial charge in [0.15, 0.2) is 0 Å². The van der Waals surface area contributed by atoms with Crippen LogP contribution in [0.15, 0.2) is 4.79 Å². The highest BCUT2D eigenvalue weighted by molar-refractivity contribution is 5.19. The number of aromatic nitrogens is 2. The van der Waals surface area contributed by atoms with Crippen molar-refractivity contribution in [1.82, 2.24) is 14.9 Å². The first-order chi connectivity index (χ1) is 10.0. The van der Waals surface area contributed by atoms with Crippen molar-refractivity contribution < 1.29 is 5.11 Å². The van der Waals surface area contributed by atoms with Gasteiger partial charge in [0.05, 0.1) is 0 Å². The third-order valence-electron chi connectivity index (χ3n) is 4.11. The molecule has 0 amide bonds. The van der Waals surface area contributed by atoms with Gasteiger partial charge in [-0.25, -0.2) is 4.98 Å². The molecule has 0 bridgehead atoms. The number of aliphatic hydroxyl groups is 1. The van der Waals surface area contributed by atoms with Gasteiger partial charge in [0.25, 0.3) is 5.56 Å². The summed E-state index contributed by atoms with van der Waals surface area (Å²) in [6.07, 6.45) is 2.79. The van der Waals surface area contributed by atoms with Crippen LogP contribution in [-0.2, 0) is 13.0 Å². The van der Waals surface area contributed by atoms with Crippen molar-refractivity contribution in [2.24, 2.45) is 5.92 Å². The zero-order chi connectivity index (χ0) is 15.4. The number of aryl methyl sites for hydroxylation is 1. The maximum Gasteiger partial charge on any atom is 0.257 e. The molecule has 5 nitrogen and oxygen atoms in total. The van der Waals surface area contributed by atoms with Crippen molar-refractivity contribution in [3.05, 3.63) is 27.4 Å². The van der Waals surface area contributed by atoms with E-state index in [1.807, 2.05) is 6.92 Å². The summed E-state index contributed by atoms with van der Waals surface area (Å²) in [4.78, 5) is 17.0. The molecular weight excluding hydrogens is 266 g/mol. The molecule has 1 aromatic heterocycles. The van der Waals surface area contributed by atoms with Gasteiger partial charge >= 0.3 is 0 Å². The lowest BCUT2D eigenvalue weighted by Gasteiger charge is -2.23. The predicted octanol–water partition coefficient (Wildman–Crippen LogP) is 1.56. The second kappa shape index (κ2) is 7.18. The number of hydrogen-bond donors (Lipinski definition) is 2. The summed E-state index contributed by atoms with van der Waals surface area (Å²) in [6.45, 7) is 8.73. The van der Waals surface area contributed by atoms with Crippen LogP contribution in [0, 0.1) is 12.8 Å². The van der Waals surface area contributed by atoms with Gasteiger partial charge in [-0.3, -0.25) is 9.36 Å². The monoisotopic (exact) mass is 293 g/mol. The molecule has 0 saturated carbocycles. The van der Waals surface area contributed by atoms with Gasteiger partial charge in [0.1, 0.15) is 11.9 Å². The number of rotatable bonds is 6. The Morgan fingerprint density at radius 2 is 2.19 bits per heavy atom. The molecule has 1 aromatic rings. The van der Waals surface area contributed by atoms with Crippen molar-refractivity contribution in [2.45, 2.75) is 59.1 Å². The molecule has 0 spiro atoms. The third kappa shape index (κ3) is 3.92. The minimum Gasteiger partial charge on any atom is -0.385 e. The van der Waals surface area contributed by atoms with Crippen LogP contribution >= 0.6 is 0 Å². The van der Waals surface area contributed by atoms with Crippen molar-refractivity contribution in [3.63, 3.8) is 0 Å². The highest BCUT2D eigenvalue weighted by atomic mass is 16.3. The van der Waals surface area contributed by atoms with E-state index in [0.717, 1.165) is 37.2 Å². The zero-order valence-corrected chi connectivity index (χ0v) is 13.4. The van der Waals surface area contributed by atoms with Crippen LogP contribution in [-0.4, -0.2) is 27.7 Å². The molecule has 0 radical (unpaired) electrons. The molecule has 1 aliphatic heterocycles. The maximum absolute atomic E-state index is 12.5. The minimum atomic E-state index is -0.594. The first-order valence-electron chi connectivity index (χ1n) is 7.99. The zero-order valence-electron chi connectivity index (χ0n) is 13.4. The second-order valence-electron chi connectivity index (χ2n) is 6.33. The van der Waals surface area contributed by atoms with Crippen molar-refractivity contribution >= 4 is 0 Å². The van der Waals surface area contributed by atoms with Gasteiger partial charge in [0, 0.05) is 17.8 Å². The lowest BCUT2D eigenvalue weighted by atomic mass is 10.1. The Morgan fingerprint density at radius 3 is 2.90 bits per heavy atom.